The number of para-hydroxylation sites is 3. The standard InChI is InChI=1S/C48H32N4/c1-48(2)38-21-11-7-18-35(38)44-39(48)25-26-43-45(44)37-20-10-14-24-42(37)52(43)33-28-31(34-17-8-12-22-40(34)49-3)27-32(29-33)47-50-41-23-13-9-19-36(41)46(51-47)30-15-5-4-6-16-30/h4-29H,1-2H3. The van der Waals surface area contributed by atoms with E-state index < -0.39 is 0 Å². The molecule has 0 fully saturated rings. The van der Waals surface area contributed by atoms with Crippen molar-refractivity contribution >= 4 is 38.4 Å². The Labute approximate surface area is 302 Å². The average molecular weight is 665 g/mol. The van der Waals surface area contributed by atoms with Crippen molar-refractivity contribution in [1.82, 2.24) is 14.5 Å². The van der Waals surface area contributed by atoms with Gasteiger partial charge in [-0.25, -0.2) is 14.8 Å². The van der Waals surface area contributed by atoms with Crippen molar-refractivity contribution < 1.29 is 0 Å². The first-order valence-electron chi connectivity index (χ1n) is 17.6. The maximum Gasteiger partial charge on any atom is 0.194 e. The second-order valence-electron chi connectivity index (χ2n) is 14.1. The maximum atomic E-state index is 8.03. The summed E-state index contributed by atoms with van der Waals surface area (Å²) in [7, 11) is 0. The predicted molar refractivity (Wildman–Crippen MR) is 214 cm³/mol. The lowest BCUT2D eigenvalue weighted by Gasteiger charge is -2.21. The van der Waals surface area contributed by atoms with E-state index in [1.807, 2.05) is 54.6 Å². The molecule has 0 N–H and O–H groups in total. The second-order valence-corrected chi connectivity index (χ2v) is 14.1. The molecule has 0 unspecified atom stereocenters. The summed E-state index contributed by atoms with van der Waals surface area (Å²) in [6, 6.07) is 55.1. The number of nitrogens with zero attached hydrogens (tertiary/aromatic N) is 4. The van der Waals surface area contributed by atoms with Crippen LogP contribution in [0.1, 0.15) is 25.0 Å². The maximum absolute atomic E-state index is 8.03. The fraction of sp³-hybridized carbons (Fsp3) is 0.0625. The number of rotatable bonds is 4. The van der Waals surface area contributed by atoms with Crippen LogP contribution in [0.25, 0.3) is 88.1 Å². The minimum atomic E-state index is -0.107. The van der Waals surface area contributed by atoms with E-state index in [2.05, 4.69) is 126 Å². The molecule has 0 spiro atoms. The number of benzene rings is 7. The highest BCUT2D eigenvalue weighted by Gasteiger charge is 2.37. The Morgan fingerprint density at radius 1 is 0.558 bits per heavy atom. The number of hydrogen-bond donors (Lipinski definition) is 0. The predicted octanol–water partition coefficient (Wildman–Crippen LogP) is 12.6. The summed E-state index contributed by atoms with van der Waals surface area (Å²) in [5.41, 5.74) is 14.6. The summed E-state index contributed by atoms with van der Waals surface area (Å²) in [4.78, 5) is 14.4. The highest BCUT2D eigenvalue weighted by molar-refractivity contribution is 6.18. The van der Waals surface area contributed by atoms with E-state index in [0.717, 1.165) is 55.6 Å². The fourth-order valence-corrected chi connectivity index (χ4v) is 8.39. The zero-order chi connectivity index (χ0) is 35.0. The molecule has 52 heavy (non-hydrogen) atoms. The third-order valence-corrected chi connectivity index (χ3v) is 10.8. The van der Waals surface area contributed by atoms with Crippen molar-refractivity contribution in [2.45, 2.75) is 19.3 Å². The first-order valence-corrected chi connectivity index (χ1v) is 17.6. The average Bonchev–Trinajstić information content (AvgIpc) is 3.66. The molecule has 0 amide bonds. The third kappa shape index (κ3) is 4.39. The molecule has 10 rings (SSSR count). The van der Waals surface area contributed by atoms with Crippen LogP contribution in [-0.2, 0) is 5.41 Å². The molecule has 2 aromatic heterocycles. The molecule has 0 saturated heterocycles. The van der Waals surface area contributed by atoms with Crippen LogP contribution in [0, 0.1) is 6.57 Å². The van der Waals surface area contributed by atoms with Gasteiger partial charge >= 0.3 is 0 Å². The van der Waals surface area contributed by atoms with E-state index in [-0.39, 0.29) is 5.41 Å². The molecule has 9 aromatic rings. The van der Waals surface area contributed by atoms with Crippen molar-refractivity contribution in [2.75, 3.05) is 0 Å². The number of fused-ring (bicyclic) bond motifs is 8. The Kier molecular flexibility index (Phi) is 6.55. The lowest BCUT2D eigenvalue weighted by Crippen LogP contribution is -2.14. The van der Waals surface area contributed by atoms with Gasteiger partial charge in [0.1, 0.15) is 0 Å². The minimum Gasteiger partial charge on any atom is -0.309 e. The summed E-state index contributed by atoms with van der Waals surface area (Å²) in [5.74, 6) is 0.637. The van der Waals surface area contributed by atoms with Gasteiger partial charge in [0.25, 0.3) is 0 Å². The SMILES string of the molecule is [C-]#[N+]c1ccccc1-c1cc(-c2nc(-c3ccccc3)c3ccccc3n2)cc(-n2c3ccccc3c3c4c(ccc32)C(C)(C)c2ccccc2-4)c1. The Bertz CT molecular complexity index is 2940. The van der Waals surface area contributed by atoms with Crippen LogP contribution >= 0.6 is 0 Å². The van der Waals surface area contributed by atoms with Gasteiger partial charge in [-0.05, 0) is 69.8 Å². The quantitative estimate of drug-likeness (QED) is 0.176. The van der Waals surface area contributed by atoms with Gasteiger partial charge in [-0.2, -0.15) is 0 Å². The number of hydrogen-bond acceptors (Lipinski definition) is 2. The first kappa shape index (κ1) is 30.0. The molecule has 7 aromatic carbocycles. The molecule has 2 heterocycles. The normalized spacial score (nSPS) is 12.9. The van der Waals surface area contributed by atoms with Gasteiger partial charge in [0.05, 0.1) is 28.8 Å². The van der Waals surface area contributed by atoms with Crippen LogP contribution in [0.15, 0.2) is 158 Å². The van der Waals surface area contributed by atoms with Gasteiger partial charge < -0.3 is 4.57 Å². The van der Waals surface area contributed by atoms with Crippen molar-refractivity contribution in [3.05, 3.63) is 180 Å². The van der Waals surface area contributed by atoms with Crippen molar-refractivity contribution in [3.63, 3.8) is 0 Å². The molecule has 0 aliphatic heterocycles. The molecular weight excluding hydrogens is 633 g/mol. The van der Waals surface area contributed by atoms with Gasteiger partial charge in [-0.3, -0.25) is 0 Å². The molecule has 0 radical (unpaired) electrons. The van der Waals surface area contributed by atoms with E-state index in [9.17, 15) is 0 Å². The summed E-state index contributed by atoms with van der Waals surface area (Å²) in [6.45, 7) is 12.7. The number of aromatic nitrogens is 3. The molecule has 0 bridgehead atoms. The fourth-order valence-electron chi connectivity index (χ4n) is 8.39. The van der Waals surface area contributed by atoms with Crippen LogP contribution in [0.2, 0.25) is 0 Å². The molecular formula is C48H32N4. The molecule has 4 heteroatoms. The minimum absolute atomic E-state index is 0.107. The Hall–Kier alpha value is -6.83. The molecule has 1 aliphatic rings. The largest absolute Gasteiger partial charge is 0.309 e. The Balaban J connectivity index is 1.30. The molecule has 0 atom stereocenters. The summed E-state index contributed by atoms with van der Waals surface area (Å²) in [5, 5.41) is 3.48. The lowest BCUT2D eigenvalue weighted by molar-refractivity contribution is 0.661. The van der Waals surface area contributed by atoms with Crippen LogP contribution < -0.4 is 0 Å². The van der Waals surface area contributed by atoms with Crippen LogP contribution in [0.5, 0.6) is 0 Å². The third-order valence-electron chi connectivity index (χ3n) is 10.8. The van der Waals surface area contributed by atoms with Gasteiger partial charge in [-0.15, -0.1) is 0 Å². The topological polar surface area (TPSA) is 35.1 Å². The van der Waals surface area contributed by atoms with Crippen LogP contribution in [-0.4, -0.2) is 14.5 Å². The molecule has 244 valence electrons. The zero-order valence-electron chi connectivity index (χ0n) is 28.8. The lowest BCUT2D eigenvalue weighted by atomic mass is 9.82. The molecule has 4 nitrogen and oxygen atoms in total. The zero-order valence-corrected chi connectivity index (χ0v) is 28.8. The van der Waals surface area contributed by atoms with Gasteiger partial charge in [0, 0.05) is 38.4 Å². The van der Waals surface area contributed by atoms with E-state index in [4.69, 9.17) is 16.5 Å². The highest BCUT2D eigenvalue weighted by Crippen LogP contribution is 2.53. The molecule has 1 aliphatic carbocycles. The van der Waals surface area contributed by atoms with E-state index in [1.165, 1.54) is 33.0 Å². The smallest absolute Gasteiger partial charge is 0.194 e. The van der Waals surface area contributed by atoms with E-state index in [1.54, 1.807) is 0 Å². The van der Waals surface area contributed by atoms with Crippen molar-refractivity contribution in [2.24, 2.45) is 0 Å². The first-order chi connectivity index (χ1) is 25.5. The summed E-state index contributed by atoms with van der Waals surface area (Å²) < 4.78 is 2.38. The van der Waals surface area contributed by atoms with Gasteiger partial charge in [0.15, 0.2) is 11.5 Å². The van der Waals surface area contributed by atoms with Crippen LogP contribution in [0.4, 0.5) is 5.69 Å². The van der Waals surface area contributed by atoms with E-state index in [0.29, 0.717) is 11.5 Å². The van der Waals surface area contributed by atoms with Gasteiger partial charge in [0.2, 0.25) is 0 Å². The second kappa shape index (κ2) is 11.3. The highest BCUT2D eigenvalue weighted by atomic mass is 15.0. The van der Waals surface area contributed by atoms with Crippen molar-refractivity contribution in [3.8, 4) is 50.6 Å². The van der Waals surface area contributed by atoms with Gasteiger partial charge in [-0.1, -0.05) is 135 Å². The van der Waals surface area contributed by atoms with E-state index >= 15 is 0 Å². The monoisotopic (exact) mass is 664 g/mol. The summed E-state index contributed by atoms with van der Waals surface area (Å²) >= 11 is 0. The molecule has 0 saturated carbocycles. The Morgan fingerprint density at radius 2 is 1.25 bits per heavy atom. The Morgan fingerprint density at radius 3 is 2.10 bits per heavy atom. The van der Waals surface area contributed by atoms with Crippen LogP contribution in [0.3, 0.4) is 0 Å². The summed E-state index contributed by atoms with van der Waals surface area (Å²) in [6.07, 6.45) is 0. The van der Waals surface area contributed by atoms with Crippen molar-refractivity contribution in [1.29, 1.82) is 0 Å².